The molecule has 34 heavy (non-hydrogen) atoms. The van der Waals surface area contributed by atoms with Crippen molar-refractivity contribution in [1.29, 1.82) is 0 Å². The van der Waals surface area contributed by atoms with Gasteiger partial charge in [0.2, 0.25) is 0 Å². The second-order valence-corrected chi connectivity index (χ2v) is 8.36. The summed E-state index contributed by atoms with van der Waals surface area (Å²) in [5.74, 6) is 0.827. The molecule has 0 radical (unpaired) electrons. The Bertz CT molecular complexity index is 1790. The first-order valence-electron chi connectivity index (χ1n) is 11.3. The molecule has 0 spiro atoms. The number of nitrogens with zero attached hydrogens (tertiary/aromatic N) is 1. The molecule has 3 heterocycles. The van der Waals surface area contributed by atoms with Gasteiger partial charge in [0.1, 0.15) is 22.4 Å². The first-order chi connectivity index (χ1) is 16.9. The third kappa shape index (κ3) is 2.87. The van der Waals surface area contributed by atoms with Crippen molar-refractivity contribution in [2.75, 3.05) is 0 Å². The molecule has 3 aromatic heterocycles. The highest BCUT2D eigenvalue weighted by atomic mass is 16.3. The van der Waals surface area contributed by atoms with Crippen LogP contribution >= 0.6 is 0 Å². The molecule has 7 rings (SSSR count). The van der Waals surface area contributed by atoms with E-state index in [2.05, 4.69) is 48.5 Å². The number of aromatic nitrogens is 1. The Kier molecular flexibility index (Phi) is 4.15. The number of para-hydroxylation sites is 2. The molecule has 160 valence electrons. The molecule has 0 N–H and O–H groups in total. The zero-order valence-corrected chi connectivity index (χ0v) is 18.2. The van der Waals surface area contributed by atoms with Crippen LogP contribution in [0.2, 0.25) is 0 Å². The largest absolute Gasteiger partial charge is 0.455 e. The van der Waals surface area contributed by atoms with E-state index in [4.69, 9.17) is 13.8 Å². The molecular formula is C31H19NO2. The molecule has 0 atom stereocenters. The van der Waals surface area contributed by atoms with Crippen molar-refractivity contribution in [3.05, 3.63) is 115 Å². The van der Waals surface area contributed by atoms with E-state index in [1.807, 2.05) is 66.7 Å². The number of rotatable bonds is 3. The van der Waals surface area contributed by atoms with Gasteiger partial charge >= 0.3 is 0 Å². The van der Waals surface area contributed by atoms with E-state index in [0.29, 0.717) is 0 Å². The lowest BCUT2D eigenvalue weighted by Gasteiger charge is -2.05. The third-order valence-corrected chi connectivity index (χ3v) is 6.31. The fraction of sp³-hybridized carbons (Fsp3) is 0. The maximum atomic E-state index is 6.38. The average molecular weight is 437 g/mol. The van der Waals surface area contributed by atoms with Gasteiger partial charge in [-0.3, -0.25) is 0 Å². The van der Waals surface area contributed by atoms with Gasteiger partial charge in [0.05, 0.1) is 11.3 Å². The van der Waals surface area contributed by atoms with Gasteiger partial charge in [-0.05, 0) is 29.8 Å². The maximum Gasteiger partial charge on any atom is 0.153 e. The zero-order valence-electron chi connectivity index (χ0n) is 18.2. The van der Waals surface area contributed by atoms with Crippen molar-refractivity contribution in [3.8, 4) is 33.7 Å². The molecule has 7 aromatic rings. The quantitative estimate of drug-likeness (QED) is 0.277. The van der Waals surface area contributed by atoms with Crippen LogP contribution in [0.3, 0.4) is 0 Å². The first kappa shape index (κ1) is 18.9. The van der Waals surface area contributed by atoms with E-state index < -0.39 is 0 Å². The Morgan fingerprint density at radius 1 is 0.500 bits per heavy atom. The molecule has 0 unspecified atom stereocenters. The highest BCUT2D eigenvalue weighted by molar-refractivity contribution is 6.09. The van der Waals surface area contributed by atoms with Crippen LogP contribution in [0, 0.1) is 0 Å². The van der Waals surface area contributed by atoms with Crippen LogP contribution in [-0.2, 0) is 0 Å². The first-order valence-corrected chi connectivity index (χ1v) is 11.3. The van der Waals surface area contributed by atoms with E-state index >= 15 is 0 Å². The molecule has 0 aliphatic rings. The van der Waals surface area contributed by atoms with Crippen molar-refractivity contribution in [2.24, 2.45) is 0 Å². The summed E-state index contributed by atoms with van der Waals surface area (Å²) >= 11 is 0. The Balaban J connectivity index is 1.51. The predicted octanol–water partition coefficient (Wildman–Crippen LogP) is 8.73. The summed E-state index contributed by atoms with van der Waals surface area (Å²) in [4.78, 5) is 5.13. The number of pyridine rings is 1. The lowest BCUT2D eigenvalue weighted by atomic mass is 10.0. The minimum absolute atomic E-state index is 0.762. The van der Waals surface area contributed by atoms with Gasteiger partial charge in [-0.25, -0.2) is 4.98 Å². The van der Waals surface area contributed by atoms with Gasteiger partial charge in [0, 0.05) is 21.9 Å². The number of fused-ring (bicyclic) bond motifs is 4. The Morgan fingerprint density at radius 3 is 2.03 bits per heavy atom. The molecule has 0 bridgehead atoms. The maximum absolute atomic E-state index is 6.38. The summed E-state index contributed by atoms with van der Waals surface area (Å²) in [6, 6.07) is 38.9. The highest BCUT2D eigenvalue weighted by Crippen LogP contribution is 2.42. The second kappa shape index (κ2) is 7.46. The predicted molar refractivity (Wildman–Crippen MR) is 138 cm³/mol. The van der Waals surface area contributed by atoms with Crippen LogP contribution in [0.4, 0.5) is 0 Å². The minimum Gasteiger partial charge on any atom is -0.455 e. The average Bonchev–Trinajstić information content (AvgIpc) is 3.48. The minimum atomic E-state index is 0.762. The van der Waals surface area contributed by atoms with Crippen LogP contribution in [0.15, 0.2) is 124 Å². The fourth-order valence-corrected chi connectivity index (χ4v) is 4.74. The molecule has 0 aliphatic carbocycles. The molecule has 0 amide bonds. The van der Waals surface area contributed by atoms with E-state index in [1.165, 1.54) is 0 Å². The zero-order chi connectivity index (χ0) is 22.5. The van der Waals surface area contributed by atoms with Crippen molar-refractivity contribution in [3.63, 3.8) is 0 Å². The van der Waals surface area contributed by atoms with Crippen LogP contribution in [0.5, 0.6) is 0 Å². The summed E-state index contributed by atoms with van der Waals surface area (Å²) in [6.45, 7) is 0. The SMILES string of the molecule is c1ccc(-c2oc3ccc(-c4cccc5c4oc4ccccc45)nc3c2-c2ccccc2)cc1. The number of furan rings is 2. The summed E-state index contributed by atoms with van der Waals surface area (Å²) in [6.07, 6.45) is 0. The number of hydrogen-bond acceptors (Lipinski definition) is 3. The molecule has 4 aromatic carbocycles. The van der Waals surface area contributed by atoms with Gasteiger partial charge in [-0.2, -0.15) is 0 Å². The monoisotopic (exact) mass is 437 g/mol. The number of hydrogen-bond donors (Lipinski definition) is 0. The lowest BCUT2D eigenvalue weighted by Crippen LogP contribution is -1.87. The van der Waals surface area contributed by atoms with Crippen molar-refractivity contribution < 1.29 is 8.83 Å². The molecule has 0 fully saturated rings. The molecular weight excluding hydrogens is 418 g/mol. The van der Waals surface area contributed by atoms with E-state index in [9.17, 15) is 0 Å². The summed E-state index contributed by atoms with van der Waals surface area (Å²) in [5, 5.41) is 2.20. The Hall–Kier alpha value is -4.63. The van der Waals surface area contributed by atoms with Crippen LogP contribution in [-0.4, -0.2) is 4.98 Å². The smallest absolute Gasteiger partial charge is 0.153 e. The standard InChI is InChI=1S/C31H19NO2/c1-3-10-20(11-4-1)28-29-27(34-30(28)21-12-5-2-6-13-21)19-18-25(32-29)24-16-9-15-23-22-14-7-8-17-26(22)33-31(23)24/h1-19H. The van der Waals surface area contributed by atoms with Crippen molar-refractivity contribution >= 4 is 33.0 Å². The summed E-state index contributed by atoms with van der Waals surface area (Å²) in [7, 11) is 0. The highest BCUT2D eigenvalue weighted by Gasteiger charge is 2.20. The molecule has 3 heteroatoms. The van der Waals surface area contributed by atoms with Crippen molar-refractivity contribution in [2.45, 2.75) is 0 Å². The van der Waals surface area contributed by atoms with Crippen LogP contribution in [0.1, 0.15) is 0 Å². The van der Waals surface area contributed by atoms with Gasteiger partial charge in [-0.1, -0.05) is 91.0 Å². The van der Waals surface area contributed by atoms with E-state index in [1.54, 1.807) is 0 Å². The van der Waals surface area contributed by atoms with Gasteiger partial charge in [0.15, 0.2) is 5.58 Å². The molecule has 0 saturated carbocycles. The molecule has 0 aliphatic heterocycles. The topological polar surface area (TPSA) is 39.2 Å². The second-order valence-electron chi connectivity index (χ2n) is 8.36. The van der Waals surface area contributed by atoms with Crippen molar-refractivity contribution in [1.82, 2.24) is 4.98 Å². The summed E-state index contributed by atoms with van der Waals surface area (Å²) < 4.78 is 12.7. The molecule has 0 saturated heterocycles. The Morgan fingerprint density at radius 2 is 1.21 bits per heavy atom. The van der Waals surface area contributed by atoms with Crippen LogP contribution < -0.4 is 0 Å². The van der Waals surface area contributed by atoms with E-state index in [0.717, 1.165) is 66.7 Å². The van der Waals surface area contributed by atoms with Gasteiger partial charge in [-0.15, -0.1) is 0 Å². The van der Waals surface area contributed by atoms with Gasteiger partial charge < -0.3 is 8.83 Å². The molecule has 3 nitrogen and oxygen atoms in total. The third-order valence-electron chi connectivity index (χ3n) is 6.31. The fourth-order valence-electron chi connectivity index (χ4n) is 4.74. The summed E-state index contributed by atoms with van der Waals surface area (Å²) in [5.41, 5.74) is 8.27. The lowest BCUT2D eigenvalue weighted by molar-refractivity contribution is 0.632. The van der Waals surface area contributed by atoms with Gasteiger partial charge in [0.25, 0.3) is 0 Å². The van der Waals surface area contributed by atoms with E-state index in [-0.39, 0.29) is 0 Å². The van der Waals surface area contributed by atoms with Crippen LogP contribution in [0.25, 0.3) is 66.7 Å². The normalized spacial score (nSPS) is 11.5. The number of benzene rings is 4. The Labute approximate surface area is 195 Å².